The van der Waals surface area contributed by atoms with Gasteiger partial charge in [-0.3, -0.25) is 0 Å². The molecule has 9 rings (SSSR count). The van der Waals surface area contributed by atoms with Crippen LogP contribution in [0.5, 0.6) is 0 Å². The van der Waals surface area contributed by atoms with Gasteiger partial charge in [-0.1, -0.05) is 165 Å². The molecule has 0 saturated heterocycles. The van der Waals surface area contributed by atoms with Gasteiger partial charge in [0.15, 0.2) is 0 Å². The first-order chi connectivity index (χ1) is 26.0. The number of aryl methyl sites for hydroxylation is 2. The molecule has 0 aliphatic heterocycles. The largest absolute Gasteiger partial charge is 0.337 e. The van der Waals surface area contributed by atoms with Crippen molar-refractivity contribution in [2.75, 3.05) is 4.90 Å². The van der Waals surface area contributed by atoms with E-state index in [-0.39, 0.29) is 5.92 Å². The fourth-order valence-electron chi connectivity index (χ4n) is 8.42. The maximum absolute atomic E-state index is 2.53. The first-order valence-electron chi connectivity index (χ1n) is 18.8. The highest BCUT2D eigenvalue weighted by atomic mass is 15.1. The summed E-state index contributed by atoms with van der Waals surface area (Å²) >= 11 is 0. The van der Waals surface area contributed by atoms with E-state index in [1.54, 1.807) is 0 Å². The summed E-state index contributed by atoms with van der Waals surface area (Å²) in [4.78, 5) is 2.53. The second kappa shape index (κ2) is 13.7. The van der Waals surface area contributed by atoms with Gasteiger partial charge in [-0.2, -0.15) is 0 Å². The van der Waals surface area contributed by atoms with Gasteiger partial charge in [0, 0.05) is 23.8 Å². The van der Waals surface area contributed by atoms with Gasteiger partial charge in [0.1, 0.15) is 0 Å². The molecule has 0 heterocycles. The van der Waals surface area contributed by atoms with Crippen molar-refractivity contribution >= 4 is 38.0 Å². The number of benzene rings is 8. The highest BCUT2D eigenvalue weighted by Crippen LogP contribution is 2.40. The average molecular weight is 682 g/mol. The minimum atomic E-state index is 0.246. The fraction of sp³-hybridized carbons (Fsp3) is 0.115. The molecular weight excluding hydrogens is 639 g/mol. The van der Waals surface area contributed by atoms with E-state index in [9.17, 15) is 0 Å². The number of fused-ring (bicyclic) bond motifs is 3. The van der Waals surface area contributed by atoms with Gasteiger partial charge in [0.25, 0.3) is 0 Å². The van der Waals surface area contributed by atoms with E-state index in [2.05, 4.69) is 208 Å². The predicted molar refractivity (Wildman–Crippen MR) is 228 cm³/mol. The molecule has 0 fully saturated rings. The Bertz CT molecular complexity index is 2690. The Morgan fingerprint density at radius 2 is 1.02 bits per heavy atom. The zero-order chi connectivity index (χ0) is 35.9. The fourth-order valence-corrected chi connectivity index (χ4v) is 8.42. The Labute approximate surface area is 313 Å². The lowest BCUT2D eigenvalue weighted by molar-refractivity contribution is 0.630. The van der Waals surface area contributed by atoms with Crippen LogP contribution in [0.1, 0.15) is 35.1 Å². The molecule has 0 radical (unpaired) electrons. The Morgan fingerprint density at radius 3 is 1.68 bits per heavy atom. The summed E-state index contributed by atoms with van der Waals surface area (Å²) < 4.78 is 0. The van der Waals surface area contributed by atoms with Gasteiger partial charge in [-0.15, -0.1) is 0 Å². The summed E-state index contributed by atoms with van der Waals surface area (Å²) in [5, 5.41) is 7.71. The van der Waals surface area contributed by atoms with E-state index in [1.807, 2.05) is 0 Å². The Kier molecular flexibility index (Phi) is 8.49. The van der Waals surface area contributed by atoms with Crippen LogP contribution in [0.2, 0.25) is 0 Å². The van der Waals surface area contributed by atoms with Crippen LogP contribution in [0.4, 0.5) is 5.69 Å². The van der Waals surface area contributed by atoms with E-state index < -0.39 is 0 Å². The Morgan fingerprint density at radius 1 is 0.491 bits per heavy atom. The van der Waals surface area contributed by atoms with Gasteiger partial charge in [0.05, 0.1) is 0 Å². The van der Waals surface area contributed by atoms with Gasteiger partial charge < -0.3 is 4.90 Å². The molecule has 256 valence electrons. The van der Waals surface area contributed by atoms with Gasteiger partial charge in [-0.05, 0) is 121 Å². The van der Waals surface area contributed by atoms with Gasteiger partial charge in [-0.25, -0.2) is 0 Å². The summed E-state index contributed by atoms with van der Waals surface area (Å²) in [5.41, 5.74) is 12.7. The number of allylic oxidation sites excluding steroid dienone is 3. The van der Waals surface area contributed by atoms with Crippen LogP contribution in [0.3, 0.4) is 0 Å². The van der Waals surface area contributed by atoms with Crippen LogP contribution >= 0.6 is 0 Å². The highest BCUT2D eigenvalue weighted by molar-refractivity contribution is 5.99. The minimum Gasteiger partial charge on any atom is -0.337 e. The molecule has 1 aliphatic carbocycles. The molecule has 2 atom stereocenters. The molecule has 1 nitrogen and oxygen atoms in total. The second-order valence-electron chi connectivity index (χ2n) is 14.7. The van der Waals surface area contributed by atoms with Crippen molar-refractivity contribution in [3.05, 3.63) is 210 Å². The zero-order valence-corrected chi connectivity index (χ0v) is 30.6. The molecule has 8 aromatic rings. The SMILES string of the molecule is Cc1ccc(CN(C2=CC(c3cccc4ccccc34)C(C)C=C2)c2ccc(C)c(-c3cccc4ccccc34)c2)cc1-c1cccc2ccccc12. The number of hydrogen-bond acceptors (Lipinski definition) is 1. The molecule has 0 aromatic heterocycles. The quantitative estimate of drug-likeness (QED) is 0.162. The van der Waals surface area contributed by atoms with E-state index in [0.717, 1.165) is 6.54 Å². The minimum absolute atomic E-state index is 0.246. The third-order valence-corrected chi connectivity index (χ3v) is 11.3. The summed E-state index contributed by atoms with van der Waals surface area (Å²) in [7, 11) is 0. The van der Waals surface area contributed by atoms with Crippen LogP contribution < -0.4 is 4.90 Å². The van der Waals surface area contributed by atoms with E-state index in [0.29, 0.717) is 5.92 Å². The lowest BCUT2D eigenvalue weighted by atomic mass is 9.81. The van der Waals surface area contributed by atoms with Crippen LogP contribution in [0, 0.1) is 19.8 Å². The number of anilines is 1. The van der Waals surface area contributed by atoms with Crippen molar-refractivity contribution in [2.45, 2.75) is 33.2 Å². The van der Waals surface area contributed by atoms with Gasteiger partial charge in [0.2, 0.25) is 0 Å². The Hall–Kier alpha value is -6.18. The number of hydrogen-bond donors (Lipinski definition) is 0. The monoisotopic (exact) mass is 681 g/mol. The summed E-state index contributed by atoms with van der Waals surface area (Å²) in [6.45, 7) is 7.56. The van der Waals surface area contributed by atoms with Crippen molar-refractivity contribution in [2.24, 2.45) is 5.92 Å². The zero-order valence-electron chi connectivity index (χ0n) is 30.6. The third-order valence-electron chi connectivity index (χ3n) is 11.3. The smallest absolute Gasteiger partial charge is 0.0481 e. The number of rotatable bonds is 7. The molecule has 0 bridgehead atoms. The maximum Gasteiger partial charge on any atom is 0.0481 e. The standard InChI is InChI=1S/C52H43N/c1-35-25-28-38(31-50(35)47-22-10-16-39-13-4-7-19-44(39)47)34-53(42-29-26-36(2)51(32-42)48-23-11-17-40-14-5-8-20-45(40)48)43-30-27-37(3)52(33-43)49-24-12-18-41-15-6-9-21-46(41)49/h4-33,36,51H,34H2,1-3H3. The van der Waals surface area contributed by atoms with Crippen LogP contribution in [-0.2, 0) is 6.54 Å². The van der Waals surface area contributed by atoms with E-state index in [4.69, 9.17) is 0 Å². The molecule has 53 heavy (non-hydrogen) atoms. The van der Waals surface area contributed by atoms with Crippen molar-refractivity contribution in [1.82, 2.24) is 0 Å². The number of nitrogens with zero attached hydrogens (tertiary/aromatic N) is 1. The second-order valence-corrected chi connectivity index (χ2v) is 14.7. The topological polar surface area (TPSA) is 3.24 Å². The average Bonchev–Trinajstić information content (AvgIpc) is 3.20. The first-order valence-corrected chi connectivity index (χ1v) is 18.8. The molecule has 0 N–H and O–H groups in total. The van der Waals surface area contributed by atoms with Crippen molar-refractivity contribution in [3.8, 4) is 22.3 Å². The van der Waals surface area contributed by atoms with Gasteiger partial charge >= 0.3 is 0 Å². The molecule has 0 saturated carbocycles. The van der Waals surface area contributed by atoms with Crippen LogP contribution in [0.15, 0.2) is 188 Å². The molecule has 8 aromatic carbocycles. The third kappa shape index (κ3) is 6.13. The lowest BCUT2D eigenvalue weighted by Crippen LogP contribution is -2.24. The molecule has 1 heteroatoms. The lowest BCUT2D eigenvalue weighted by Gasteiger charge is -2.32. The predicted octanol–water partition coefficient (Wildman–Crippen LogP) is 14.0. The van der Waals surface area contributed by atoms with Crippen molar-refractivity contribution < 1.29 is 0 Å². The van der Waals surface area contributed by atoms with Crippen LogP contribution in [-0.4, -0.2) is 0 Å². The van der Waals surface area contributed by atoms with E-state index in [1.165, 1.54) is 88.2 Å². The molecular formula is C52H43N. The summed E-state index contributed by atoms with van der Waals surface area (Å²) in [6.07, 6.45) is 7.28. The van der Waals surface area contributed by atoms with Crippen molar-refractivity contribution in [1.29, 1.82) is 0 Å². The molecule has 0 spiro atoms. The van der Waals surface area contributed by atoms with Crippen LogP contribution in [0.25, 0.3) is 54.6 Å². The van der Waals surface area contributed by atoms with E-state index >= 15 is 0 Å². The normalized spacial score (nSPS) is 15.6. The highest BCUT2D eigenvalue weighted by Gasteiger charge is 2.25. The maximum atomic E-state index is 2.53. The van der Waals surface area contributed by atoms with Crippen molar-refractivity contribution in [3.63, 3.8) is 0 Å². The molecule has 1 aliphatic rings. The molecule has 2 unspecified atom stereocenters. The molecule has 0 amide bonds. The first kappa shape index (κ1) is 32.7. The summed E-state index contributed by atoms with van der Waals surface area (Å²) in [5.74, 6) is 0.615. The Balaban J connectivity index is 1.20. The summed E-state index contributed by atoms with van der Waals surface area (Å²) in [6, 6.07) is 60.4.